The van der Waals surface area contributed by atoms with Crippen LogP contribution in [0.2, 0.25) is 0 Å². The Morgan fingerprint density at radius 1 is 1.04 bits per heavy atom. The van der Waals surface area contributed by atoms with Crippen LogP contribution in [0.25, 0.3) is 11.4 Å². The van der Waals surface area contributed by atoms with Crippen molar-refractivity contribution in [1.82, 2.24) is 25.0 Å². The molecule has 8 heteroatoms. The molecule has 4 rings (SSSR count). The van der Waals surface area contributed by atoms with E-state index in [1.807, 2.05) is 0 Å². The van der Waals surface area contributed by atoms with Gasteiger partial charge in [0.2, 0.25) is 11.7 Å². The maximum Gasteiger partial charge on any atom is 0.241 e. The lowest BCUT2D eigenvalue weighted by molar-refractivity contribution is 0.215. The quantitative estimate of drug-likeness (QED) is 0.719. The van der Waals surface area contributed by atoms with E-state index in [4.69, 9.17) is 4.52 Å². The van der Waals surface area contributed by atoms with Crippen molar-refractivity contribution in [3.63, 3.8) is 0 Å². The highest BCUT2D eigenvalue weighted by atomic mass is 19.1. The second-order valence-corrected chi connectivity index (χ2v) is 5.85. The summed E-state index contributed by atoms with van der Waals surface area (Å²) in [5.74, 6) is 1.66. The first kappa shape index (κ1) is 15.6. The maximum absolute atomic E-state index is 13.0. The zero-order valence-corrected chi connectivity index (χ0v) is 13.5. The molecule has 1 aromatic carbocycles. The van der Waals surface area contributed by atoms with Crippen LogP contribution in [0.15, 0.2) is 47.4 Å². The Balaban J connectivity index is 1.35. The van der Waals surface area contributed by atoms with Crippen LogP contribution in [0.5, 0.6) is 0 Å². The van der Waals surface area contributed by atoms with Gasteiger partial charge >= 0.3 is 0 Å². The van der Waals surface area contributed by atoms with Gasteiger partial charge in [-0.3, -0.25) is 9.88 Å². The molecular weight excluding hydrogens is 323 g/mol. The predicted molar refractivity (Wildman–Crippen MR) is 89.2 cm³/mol. The molecule has 7 nitrogen and oxygen atoms in total. The van der Waals surface area contributed by atoms with Crippen LogP contribution in [-0.2, 0) is 6.54 Å². The number of aromatic nitrogens is 4. The number of halogens is 1. The van der Waals surface area contributed by atoms with Gasteiger partial charge in [-0.2, -0.15) is 4.98 Å². The van der Waals surface area contributed by atoms with Gasteiger partial charge in [-0.1, -0.05) is 5.16 Å². The fourth-order valence-electron chi connectivity index (χ4n) is 2.82. The minimum absolute atomic E-state index is 0.284. The molecular formula is C17H17FN6O. The SMILES string of the molecule is Fc1ccc(-c2noc(CN3CCN(c4cnccn4)CC3)n2)cc1. The van der Waals surface area contributed by atoms with Gasteiger partial charge in [-0.25, -0.2) is 9.37 Å². The third-order valence-electron chi connectivity index (χ3n) is 4.18. The van der Waals surface area contributed by atoms with E-state index < -0.39 is 0 Å². The molecule has 0 aliphatic carbocycles. The zero-order chi connectivity index (χ0) is 17.1. The molecule has 128 valence electrons. The van der Waals surface area contributed by atoms with Gasteiger partial charge in [0.15, 0.2) is 0 Å². The lowest BCUT2D eigenvalue weighted by Crippen LogP contribution is -2.46. The lowest BCUT2D eigenvalue weighted by Gasteiger charge is -2.34. The van der Waals surface area contributed by atoms with E-state index in [0.29, 0.717) is 18.3 Å². The van der Waals surface area contributed by atoms with Crippen molar-refractivity contribution in [2.45, 2.75) is 6.54 Å². The molecule has 1 saturated heterocycles. The molecule has 3 aromatic rings. The number of rotatable bonds is 4. The molecule has 0 saturated carbocycles. The fourth-order valence-corrected chi connectivity index (χ4v) is 2.82. The van der Waals surface area contributed by atoms with Crippen molar-refractivity contribution in [2.24, 2.45) is 0 Å². The molecule has 0 unspecified atom stereocenters. The van der Waals surface area contributed by atoms with Crippen molar-refractivity contribution >= 4 is 5.82 Å². The molecule has 0 bridgehead atoms. The van der Waals surface area contributed by atoms with E-state index in [1.54, 1.807) is 30.7 Å². The molecule has 2 aromatic heterocycles. The van der Waals surface area contributed by atoms with E-state index in [-0.39, 0.29) is 5.82 Å². The zero-order valence-electron chi connectivity index (χ0n) is 13.5. The Morgan fingerprint density at radius 3 is 2.56 bits per heavy atom. The summed E-state index contributed by atoms with van der Waals surface area (Å²) in [5.41, 5.74) is 0.740. The van der Waals surface area contributed by atoms with Gasteiger partial charge in [0.05, 0.1) is 12.7 Å². The largest absolute Gasteiger partial charge is 0.353 e. The first-order chi connectivity index (χ1) is 12.3. The monoisotopic (exact) mass is 340 g/mol. The number of piperazine rings is 1. The van der Waals surface area contributed by atoms with Crippen LogP contribution in [0, 0.1) is 5.82 Å². The van der Waals surface area contributed by atoms with Crippen molar-refractivity contribution in [3.8, 4) is 11.4 Å². The third kappa shape index (κ3) is 3.63. The lowest BCUT2D eigenvalue weighted by atomic mass is 10.2. The highest BCUT2D eigenvalue weighted by molar-refractivity contribution is 5.53. The van der Waals surface area contributed by atoms with Crippen LogP contribution in [-0.4, -0.2) is 51.2 Å². The van der Waals surface area contributed by atoms with Crippen LogP contribution >= 0.6 is 0 Å². The Labute approximate surface area is 144 Å². The molecule has 1 aliphatic rings. The summed E-state index contributed by atoms with van der Waals surface area (Å²) in [6, 6.07) is 6.06. The van der Waals surface area contributed by atoms with Gasteiger partial charge in [0, 0.05) is 44.1 Å². The van der Waals surface area contributed by atoms with Gasteiger partial charge in [-0.15, -0.1) is 0 Å². The minimum Gasteiger partial charge on any atom is -0.353 e. The summed E-state index contributed by atoms with van der Waals surface area (Å²) in [4.78, 5) is 17.3. The number of nitrogens with zero attached hydrogens (tertiary/aromatic N) is 6. The van der Waals surface area contributed by atoms with Gasteiger partial charge in [0.25, 0.3) is 0 Å². The summed E-state index contributed by atoms with van der Waals surface area (Å²) >= 11 is 0. The predicted octanol–water partition coefficient (Wildman–Crippen LogP) is 1.99. The second-order valence-electron chi connectivity index (χ2n) is 5.85. The van der Waals surface area contributed by atoms with Crippen LogP contribution in [0.4, 0.5) is 10.2 Å². The molecule has 1 fully saturated rings. The molecule has 0 radical (unpaired) electrons. The van der Waals surface area contributed by atoms with Crippen molar-refractivity contribution in [3.05, 3.63) is 54.6 Å². The summed E-state index contributed by atoms with van der Waals surface area (Å²) in [6.45, 7) is 4.10. The van der Waals surface area contributed by atoms with E-state index in [0.717, 1.165) is 37.6 Å². The molecule has 0 spiro atoms. The normalized spacial score (nSPS) is 15.5. The maximum atomic E-state index is 13.0. The van der Waals surface area contributed by atoms with E-state index in [1.165, 1.54) is 12.1 Å². The average Bonchev–Trinajstić information content (AvgIpc) is 3.12. The smallest absolute Gasteiger partial charge is 0.241 e. The highest BCUT2D eigenvalue weighted by Gasteiger charge is 2.20. The summed E-state index contributed by atoms with van der Waals surface area (Å²) < 4.78 is 18.3. The Bertz CT molecular complexity index is 815. The van der Waals surface area contributed by atoms with Crippen molar-refractivity contribution < 1.29 is 8.91 Å². The standard InChI is InChI=1S/C17H17FN6O/c18-14-3-1-13(2-4-14)17-21-16(25-22-17)12-23-7-9-24(10-8-23)15-11-19-5-6-20-15/h1-6,11H,7-10,12H2. The van der Waals surface area contributed by atoms with Crippen molar-refractivity contribution in [2.75, 3.05) is 31.1 Å². The van der Waals surface area contributed by atoms with E-state index in [2.05, 4.69) is 29.9 Å². The molecule has 0 N–H and O–H groups in total. The number of hydrogen-bond donors (Lipinski definition) is 0. The fraction of sp³-hybridized carbons (Fsp3) is 0.294. The number of benzene rings is 1. The molecule has 25 heavy (non-hydrogen) atoms. The molecule has 1 aliphatic heterocycles. The highest BCUT2D eigenvalue weighted by Crippen LogP contribution is 2.18. The molecule has 0 atom stereocenters. The van der Waals surface area contributed by atoms with Gasteiger partial charge in [0.1, 0.15) is 11.6 Å². The van der Waals surface area contributed by atoms with Crippen LogP contribution in [0.3, 0.4) is 0 Å². The summed E-state index contributed by atoms with van der Waals surface area (Å²) in [6.07, 6.45) is 5.16. The summed E-state index contributed by atoms with van der Waals surface area (Å²) in [5, 5.41) is 3.98. The molecule has 3 heterocycles. The van der Waals surface area contributed by atoms with Crippen molar-refractivity contribution in [1.29, 1.82) is 0 Å². The Morgan fingerprint density at radius 2 is 1.84 bits per heavy atom. The number of hydrogen-bond acceptors (Lipinski definition) is 7. The second kappa shape index (κ2) is 6.94. The first-order valence-electron chi connectivity index (χ1n) is 8.10. The Kier molecular flexibility index (Phi) is 4.34. The third-order valence-corrected chi connectivity index (χ3v) is 4.18. The Hall–Kier alpha value is -2.87. The summed E-state index contributed by atoms with van der Waals surface area (Å²) in [7, 11) is 0. The van der Waals surface area contributed by atoms with Gasteiger partial charge in [-0.05, 0) is 24.3 Å². The number of anilines is 1. The average molecular weight is 340 g/mol. The van der Waals surface area contributed by atoms with E-state index in [9.17, 15) is 4.39 Å². The first-order valence-corrected chi connectivity index (χ1v) is 8.10. The van der Waals surface area contributed by atoms with Gasteiger partial charge < -0.3 is 9.42 Å². The van der Waals surface area contributed by atoms with Crippen LogP contribution in [0.1, 0.15) is 5.89 Å². The minimum atomic E-state index is -0.284. The molecule has 0 amide bonds. The topological polar surface area (TPSA) is 71.2 Å². The van der Waals surface area contributed by atoms with E-state index >= 15 is 0 Å². The van der Waals surface area contributed by atoms with Crippen LogP contribution < -0.4 is 4.90 Å².